The van der Waals surface area contributed by atoms with Gasteiger partial charge in [-0.05, 0) is 0 Å². The summed E-state index contributed by atoms with van der Waals surface area (Å²) < 4.78 is 30.3. The Bertz CT molecular complexity index is 539. The number of hydrogen-bond acceptors (Lipinski definition) is 4. The Labute approximate surface area is 88.7 Å². The number of methoxy groups -OCH3 is 1. The summed E-state index contributed by atoms with van der Waals surface area (Å²) in [4.78, 5) is 14.8. The van der Waals surface area contributed by atoms with Crippen molar-refractivity contribution in [2.24, 2.45) is 0 Å². The van der Waals surface area contributed by atoms with Crippen LogP contribution in [0.25, 0.3) is 5.52 Å². The smallest absolute Gasteiger partial charge is 0.341 e. The molecule has 0 saturated carbocycles. The first kappa shape index (κ1) is 10.5. The zero-order valence-corrected chi connectivity index (χ0v) is 8.22. The van der Waals surface area contributed by atoms with Crippen molar-refractivity contribution in [2.75, 3.05) is 7.11 Å². The second-order valence-corrected chi connectivity index (χ2v) is 2.99. The van der Waals surface area contributed by atoms with E-state index in [9.17, 15) is 13.6 Å². The van der Waals surface area contributed by atoms with Gasteiger partial charge >= 0.3 is 5.97 Å². The molecule has 0 bridgehead atoms. The van der Waals surface area contributed by atoms with Crippen LogP contribution in [0.5, 0.6) is 0 Å². The number of alkyl halides is 2. The SMILES string of the molecule is COC(=O)c1cnn2cc(C(F)F)ncc12. The molecule has 0 atom stereocenters. The van der Waals surface area contributed by atoms with Crippen LogP contribution < -0.4 is 0 Å². The first-order valence-electron chi connectivity index (χ1n) is 4.33. The minimum absolute atomic E-state index is 0.191. The van der Waals surface area contributed by atoms with Gasteiger partial charge in [-0.15, -0.1) is 0 Å². The van der Waals surface area contributed by atoms with Crippen LogP contribution in [-0.2, 0) is 4.74 Å². The quantitative estimate of drug-likeness (QED) is 0.728. The average Bonchev–Trinajstić information content (AvgIpc) is 2.70. The molecule has 84 valence electrons. The van der Waals surface area contributed by atoms with Crippen LogP contribution in [0.4, 0.5) is 8.78 Å². The van der Waals surface area contributed by atoms with E-state index in [1.165, 1.54) is 24.0 Å². The van der Waals surface area contributed by atoms with Crippen molar-refractivity contribution >= 4 is 11.5 Å². The Morgan fingerprint density at radius 1 is 1.50 bits per heavy atom. The van der Waals surface area contributed by atoms with Crippen LogP contribution in [0.3, 0.4) is 0 Å². The van der Waals surface area contributed by atoms with Crippen LogP contribution >= 0.6 is 0 Å². The van der Waals surface area contributed by atoms with Crippen molar-refractivity contribution < 1.29 is 18.3 Å². The molecule has 0 spiro atoms. The molecule has 0 aliphatic heterocycles. The zero-order chi connectivity index (χ0) is 11.7. The molecule has 0 aliphatic carbocycles. The molecule has 0 aliphatic rings. The molecule has 2 rings (SSSR count). The highest BCUT2D eigenvalue weighted by Gasteiger charge is 2.15. The molecular formula is C9H7F2N3O2. The van der Waals surface area contributed by atoms with Gasteiger partial charge in [-0.25, -0.2) is 18.1 Å². The predicted molar refractivity (Wildman–Crippen MR) is 49.3 cm³/mol. The van der Waals surface area contributed by atoms with Gasteiger partial charge in [0.15, 0.2) is 0 Å². The minimum atomic E-state index is -2.67. The molecule has 0 saturated heterocycles. The van der Waals surface area contributed by atoms with Crippen LogP contribution in [0.15, 0.2) is 18.6 Å². The van der Waals surface area contributed by atoms with Crippen molar-refractivity contribution in [1.82, 2.24) is 14.6 Å². The van der Waals surface area contributed by atoms with E-state index in [1.807, 2.05) is 0 Å². The largest absolute Gasteiger partial charge is 0.465 e. The maximum absolute atomic E-state index is 12.3. The highest BCUT2D eigenvalue weighted by Crippen LogP contribution is 2.18. The molecule has 2 aromatic rings. The molecule has 0 fully saturated rings. The van der Waals surface area contributed by atoms with E-state index in [1.54, 1.807) is 0 Å². The number of halogens is 2. The summed E-state index contributed by atoms with van der Waals surface area (Å²) in [5.41, 5.74) is 0.124. The molecule has 0 N–H and O–H groups in total. The molecule has 0 radical (unpaired) electrons. The predicted octanol–water partition coefficient (Wildman–Crippen LogP) is 1.45. The summed E-state index contributed by atoms with van der Waals surface area (Å²) in [6.07, 6.45) is 0.820. The monoisotopic (exact) mass is 227 g/mol. The summed E-state index contributed by atoms with van der Waals surface area (Å²) in [7, 11) is 1.23. The maximum Gasteiger partial charge on any atom is 0.341 e. The number of rotatable bonds is 2. The summed E-state index contributed by atoms with van der Waals surface area (Å²) in [6.45, 7) is 0. The second kappa shape index (κ2) is 3.84. The van der Waals surface area contributed by atoms with E-state index in [4.69, 9.17) is 0 Å². The van der Waals surface area contributed by atoms with Crippen LogP contribution in [0.1, 0.15) is 22.5 Å². The summed E-state index contributed by atoms with van der Waals surface area (Å²) in [5, 5.41) is 3.77. The Kier molecular flexibility index (Phi) is 2.51. The normalized spacial score (nSPS) is 11.0. The average molecular weight is 227 g/mol. The van der Waals surface area contributed by atoms with Crippen LogP contribution in [0, 0.1) is 0 Å². The second-order valence-electron chi connectivity index (χ2n) is 2.99. The number of hydrogen-bond donors (Lipinski definition) is 0. The Balaban J connectivity index is 2.54. The van der Waals surface area contributed by atoms with E-state index in [-0.39, 0.29) is 5.56 Å². The zero-order valence-electron chi connectivity index (χ0n) is 8.22. The highest BCUT2D eigenvalue weighted by molar-refractivity contribution is 5.96. The standard InChI is InChI=1S/C9H7F2N3O2/c1-16-9(15)5-2-13-14-4-6(8(10)11)12-3-7(5)14/h2-4,8H,1H3. The van der Waals surface area contributed by atoms with E-state index in [0.717, 1.165) is 6.20 Å². The molecule has 16 heavy (non-hydrogen) atoms. The number of aromatic nitrogens is 3. The first-order chi connectivity index (χ1) is 7.63. The van der Waals surface area contributed by atoms with E-state index < -0.39 is 18.1 Å². The van der Waals surface area contributed by atoms with Crippen molar-refractivity contribution in [3.05, 3.63) is 29.8 Å². The Morgan fingerprint density at radius 2 is 2.25 bits per heavy atom. The van der Waals surface area contributed by atoms with Gasteiger partial charge in [0.2, 0.25) is 0 Å². The van der Waals surface area contributed by atoms with Crippen LogP contribution in [-0.4, -0.2) is 27.7 Å². The van der Waals surface area contributed by atoms with Crippen LogP contribution in [0.2, 0.25) is 0 Å². The lowest BCUT2D eigenvalue weighted by molar-refractivity contribution is 0.0603. The molecule has 7 heteroatoms. The molecular weight excluding hydrogens is 220 g/mol. The van der Waals surface area contributed by atoms with E-state index in [0.29, 0.717) is 5.52 Å². The molecule has 0 unspecified atom stereocenters. The maximum atomic E-state index is 12.3. The number of esters is 1. The van der Waals surface area contributed by atoms with Crippen molar-refractivity contribution in [3.63, 3.8) is 0 Å². The molecule has 2 heterocycles. The fourth-order valence-corrected chi connectivity index (χ4v) is 1.28. The molecule has 5 nitrogen and oxygen atoms in total. The van der Waals surface area contributed by atoms with Crippen molar-refractivity contribution in [1.29, 1.82) is 0 Å². The lowest BCUT2D eigenvalue weighted by Gasteiger charge is -2.00. The van der Waals surface area contributed by atoms with Crippen molar-refractivity contribution in [3.8, 4) is 0 Å². The minimum Gasteiger partial charge on any atom is -0.465 e. The third-order valence-corrected chi connectivity index (χ3v) is 2.05. The first-order valence-corrected chi connectivity index (χ1v) is 4.33. The fraction of sp³-hybridized carbons (Fsp3) is 0.222. The number of nitrogens with zero attached hydrogens (tertiary/aromatic N) is 3. The van der Waals surface area contributed by atoms with E-state index in [2.05, 4.69) is 14.8 Å². The van der Waals surface area contributed by atoms with Gasteiger partial charge in [0.05, 0.1) is 31.2 Å². The van der Waals surface area contributed by atoms with Crippen molar-refractivity contribution in [2.45, 2.75) is 6.43 Å². The lowest BCUT2D eigenvalue weighted by atomic mass is 10.3. The topological polar surface area (TPSA) is 56.5 Å². The van der Waals surface area contributed by atoms with Gasteiger partial charge < -0.3 is 4.74 Å². The highest BCUT2D eigenvalue weighted by atomic mass is 19.3. The molecule has 0 amide bonds. The number of ether oxygens (including phenoxy) is 1. The summed E-state index contributed by atoms with van der Waals surface area (Å²) in [6, 6.07) is 0. The van der Waals surface area contributed by atoms with E-state index >= 15 is 0 Å². The van der Waals surface area contributed by atoms with Gasteiger partial charge in [-0.1, -0.05) is 0 Å². The Morgan fingerprint density at radius 3 is 2.88 bits per heavy atom. The van der Waals surface area contributed by atoms with Gasteiger partial charge in [0, 0.05) is 0 Å². The number of fused-ring (bicyclic) bond motifs is 1. The third kappa shape index (κ3) is 1.60. The lowest BCUT2D eigenvalue weighted by Crippen LogP contribution is -2.01. The summed E-state index contributed by atoms with van der Waals surface area (Å²) in [5.74, 6) is -0.582. The Hall–Kier alpha value is -2.05. The number of carbonyl (C=O) groups excluding carboxylic acids is 1. The fourth-order valence-electron chi connectivity index (χ4n) is 1.28. The van der Waals surface area contributed by atoms with Gasteiger partial charge in [-0.2, -0.15) is 5.10 Å². The van der Waals surface area contributed by atoms with Gasteiger partial charge in [0.1, 0.15) is 11.3 Å². The number of carbonyl (C=O) groups is 1. The third-order valence-electron chi connectivity index (χ3n) is 2.05. The van der Waals surface area contributed by atoms with Gasteiger partial charge in [0.25, 0.3) is 6.43 Å². The molecule has 2 aromatic heterocycles. The molecule has 0 aromatic carbocycles. The summed E-state index contributed by atoms with van der Waals surface area (Å²) >= 11 is 0. The van der Waals surface area contributed by atoms with Gasteiger partial charge in [-0.3, -0.25) is 4.98 Å².